The third kappa shape index (κ3) is 17.8. The summed E-state index contributed by atoms with van der Waals surface area (Å²) in [5, 5.41) is 0. The summed E-state index contributed by atoms with van der Waals surface area (Å²) in [6, 6.07) is -0.188. The molecule has 0 fully saturated rings. The average Bonchev–Trinajstić information content (AvgIpc) is 2.69. The highest BCUT2D eigenvalue weighted by Crippen LogP contribution is 2.01. The zero-order valence-electron chi connectivity index (χ0n) is 18.7. The Labute approximate surface area is 172 Å². The Kier molecular flexibility index (Phi) is 21.2. The molecule has 2 atom stereocenters. The molecule has 0 saturated heterocycles. The molecule has 0 amide bonds. The molecule has 0 aliphatic carbocycles. The number of rotatable bonds is 22. The van der Waals surface area contributed by atoms with Gasteiger partial charge >= 0.3 is 0 Å². The van der Waals surface area contributed by atoms with Gasteiger partial charge < -0.3 is 34.2 Å². The fraction of sp³-hybridized carbons (Fsp3) is 1.00. The van der Waals surface area contributed by atoms with Gasteiger partial charge in [-0.1, -0.05) is 27.7 Å². The Morgan fingerprint density at radius 2 is 0.857 bits per heavy atom. The van der Waals surface area contributed by atoms with Crippen molar-refractivity contribution in [3.05, 3.63) is 0 Å². The van der Waals surface area contributed by atoms with Gasteiger partial charge in [0.05, 0.1) is 45.7 Å². The van der Waals surface area contributed by atoms with E-state index < -0.39 is 0 Å². The largest absolute Gasteiger partial charge is 0.379 e. The molecule has 7 nitrogen and oxygen atoms in total. The van der Waals surface area contributed by atoms with Crippen molar-refractivity contribution >= 4 is 0 Å². The summed E-state index contributed by atoms with van der Waals surface area (Å²) in [5.74, 6) is 0. The van der Waals surface area contributed by atoms with Crippen LogP contribution in [-0.4, -0.2) is 84.3 Å². The van der Waals surface area contributed by atoms with E-state index in [2.05, 4.69) is 27.7 Å². The maximum atomic E-state index is 6.10. The zero-order chi connectivity index (χ0) is 20.9. The summed E-state index contributed by atoms with van der Waals surface area (Å²) < 4.78 is 34.1. The molecule has 0 spiro atoms. The summed E-state index contributed by atoms with van der Waals surface area (Å²) in [6.45, 7) is 14.1. The van der Waals surface area contributed by atoms with Crippen LogP contribution in [0.3, 0.4) is 0 Å². The first-order valence-corrected chi connectivity index (χ1v) is 11.0. The van der Waals surface area contributed by atoms with Crippen molar-refractivity contribution in [2.75, 3.05) is 66.1 Å². The molecule has 0 radical (unpaired) electrons. The molecule has 0 aliphatic heterocycles. The molecule has 0 aromatic heterocycles. The molecule has 2 N–H and O–H groups in total. The topological polar surface area (TPSA) is 81.4 Å². The number of hydrogen-bond donors (Lipinski definition) is 1. The first-order valence-electron chi connectivity index (χ1n) is 11.0. The highest BCUT2D eigenvalue weighted by molar-refractivity contribution is 4.63. The summed E-state index contributed by atoms with van der Waals surface area (Å²) in [7, 11) is 0. The minimum atomic E-state index is -0.188. The molecule has 2 unspecified atom stereocenters. The number of ether oxygens (including phenoxy) is 6. The van der Waals surface area contributed by atoms with E-state index in [-0.39, 0.29) is 18.2 Å². The van der Waals surface area contributed by atoms with E-state index in [1.807, 2.05) is 0 Å². The second kappa shape index (κ2) is 21.4. The van der Waals surface area contributed by atoms with Crippen molar-refractivity contribution in [3.63, 3.8) is 0 Å². The van der Waals surface area contributed by atoms with E-state index in [0.717, 1.165) is 38.9 Å². The summed E-state index contributed by atoms with van der Waals surface area (Å²) in [4.78, 5) is 0. The van der Waals surface area contributed by atoms with Gasteiger partial charge in [-0.2, -0.15) is 0 Å². The smallest absolute Gasteiger partial charge is 0.104 e. The van der Waals surface area contributed by atoms with Gasteiger partial charge in [0.25, 0.3) is 0 Å². The quantitative estimate of drug-likeness (QED) is 0.276. The second-order valence-corrected chi connectivity index (χ2v) is 6.97. The predicted molar refractivity (Wildman–Crippen MR) is 112 cm³/mol. The number of nitrogens with two attached hydrogens (primary N) is 1. The first kappa shape index (κ1) is 27.7. The SMILES string of the molecule is CCCOCC(COCC(N)COCC(COCCC)OCCC)OCCC. The van der Waals surface area contributed by atoms with Crippen LogP contribution >= 0.6 is 0 Å². The van der Waals surface area contributed by atoms with Crippen LogP contribution in [0.4, 0.5) is 0 Å². The summed E-state index contributed by atoms with van der Waals surface area (Å²) in [6.07, 6.45) is 3.83. The second-order valence-electron chi connectivity index (χ2n) is 6.97. The molecule has 170 valence electrons. The molecule has 0 saturated carbocycles. The lowest BCUT2D eigenvalue weighted by Crippen LogP contribution is -2.36. The summed E-state index contributed by atoms with van der Waals surface area (Å²) in [5.41, 5.74) is 6.10. The highest BCUT2D eigenvalue weighted by atomic mass is 16.6. The lowest BCUT2D eigenvalue weighted by Gasteiger charge is -2.21. The number of hydrogen-bond acceptors (Lipinski definition) is 7. The molecule has 0 rings (SSSR count). The lowest BCUT2D eigenvalue weighted by atomic mass is 10.3. The Hall–Kier alpha value is -0.280. The van der Waals surface area contributed by atoms with Gasteiger partial charge in [0.2, 0.25) is 0 Å². The molecular weight excluding hydrogens is 362 g/mol. The van der Waals surface area contributed by atoms with Gasteiger partial charge in [-0.25, -0.2) is 0 Å². The van der Waals surface area contributed by atoms with Crippen molar-refractivity contribution in [2.45, 2.75) is 71.6 Å². The lowest BCUT2D eigenvalue weighted by molar-refractivity contribution is -0.0732. The molecule has 7 heteroatoms. The molecule has 0 aromatic rings. The molecule has 0 bridgehead atoms. The van der Waals surface area contributed by atoms with Crippen LogP contribution in [0.2, 0.25) is 0 Å². The Morgan fingerprint density at radius 1 is 0.500 bits per heavy atom. The standard InChI is InChI=1S/C21H45NO6/c1-5-9-23-15-20(27-11-7-3)17-25-13-19(22)14-26-18-21(28-12-8-4)16-24-10-6-2/h19-21H,5-18,22H2,1-4H3. The van der Waals surface area contributed by atoms with Gasteiger partial charge in [-0.15, -0.1) is 0 Å². The van der Waals surface area contributed by atoms with Gasteiger partial charge in [0.15, 0.2) is 0 Å². The Morgan fingerprint density at radius 3 is 1.21 bits per heavy atom. The molecule has 0 aliphatic rings. The average molecular weight is 408 g/mol. The van der Waals surface area contributed by atoms with E-state index in [1.54, 1.807) is 0 Å². The van der Waals surface area contributed by atoms with Crippen LogP contribution in [0.25, 0.3) is 0 Å². The van der Waals surface area contributed by atoms with E-state index in [4.69, 9.17) is 34.2 Å². The normalized spacial score (nSPS) is 14.9. The first-order chi connectivity index (χ1) is 13.7. The fourth-order valence-corrected chi connectivity index (χ4v) is 2.33. The van der Waals surface area contributed by atoms with Gasteiger partial charge in [-0.3, -0.25) is 0 Å². The van der Waals surface area contributed by atoms with E-state index in [0.29, 0.717) is 52.9 Å². The maximum absolute atomic E-state index is 6.10. The van der Waals surface area contributed by atoms with Crippen LogP contribution < -0.4 is 5.73 Å². The monoisotopic (exact) mass is 407 g/mol. The van der Waals surface area contributed by atoms with Crippen molar-refractivity contribution in [3.8, 4) is 0 Å². The van der Waals surface area contributed by atoms with Gasteiger partial charge in [0.1, 0.15) is 12.2 Å². The van der Waals surface area contributed by atoms with E-state index >= 15 is 0 Å². The highest BCUT2D eigenvalue weighted by Gasteiger charge is 2.13. The van der Waals surface area contributed by atoms with Crippen LogP contribution in [0.1, 0.15) is 53.4 Å². The molecular formula is C21H45NO6. The van der Waals surface area contributed by atoms with Crippen LogP contribution in [-0.2, 0) is 28.4 Å². The third-order valence-electron chi connectivity index (χ3n) is 3.69. The van der Waals surface area contributed by atoms with E-state index in [1.165, 1.54) is 0 Å². The fourth-order valence-electron chi connectivity index (χ4n) is 2.33. The maximum Gasteiger partial charge on any atom is 0.104 e. The minimum Gasteiger partial charge on any atom is -0.379 e. The van der Waals surface area contributed by atoms with Crippen LogP contribution in [0.5, 0.6) is 0 Å². The van der Waals surface area contributed by atoms with Crippen LogP contribution in [0.15, 0.2) is 0 Å². The predicted octanol–water partition coefficient (Wildman–Crippen LogP) is 2.79. The van der Waals surface area contributed by atoms with Gasteiger partial charge in [0, 0.05) is 26.4 Å². The van der Waals surface area contributed by atoms with Crippen molar-refractivity contribution in [2.24, 2.45) is 5.73 Å². The third-order valence-corrected chi connectivity index (χ3v) is 3.69. The van der Waals surface area contributed by atoms with Gasteiger partial charge in [-0.05, 0) is 25.7 Å². The van der Waals surface area contributed by atoms with Crippen LogP contribution in [0, 0.1) is 0 Å². The zero-order valence-corrected chi connectivity index (χ0v) is 18.7. The molecule has 0 heterocycles. The Balaban J connectivity index is 3.97. The van der Waals surface area contributed by atoms with Crippen molar-refractivity contribution < 1.29 is 28.4 Å². The molecule has 0 aromatic carbocycles. The summed E-state index contributed by atoms with van der Waals surface area (Å²) >= 11 is 0. The minimum absolute atomic E-state index is 0.0536. The van der Waals surface area contributed by atoms with Crippen molar-refractivity contribution in [1.82, 2.24) is 0 Å². The van der Waals surface area contributed by atoms with Crippen molar-refractivity contribution in [1.29, 1.82) is 0 Å². The Bertz CT molecular complexity index is 281. The molecule has 28 heavy (non-hydrogen) atoms. The van der Waals surface area contributed by atoms with E-state index in [9.17, 15) is 0 Å².